The van der Waals surface area contributed by atoms with Crippen molar-refractivity contribution in [2.75, 3.05) is 6.54 Å². The molecule has 1 aliphatic heterocycles. The number of benzene rings is 1. The molecule has 1 N–H and O–H groups in total. The summed E-state index contributed by atoms with van der Waals surface area (Å²) in [6.07, 6.45) is 2.16. The maximum Gasteiger partial charge on any atom is 0.139 e. The first-order chi connectivity index (χ1) is 8.43. The lowest BCUT2D eigenvalue weighted by Crippen LogP contribution is -2.39. The van der Waals surface area contributed by atoms with Crippen LogP contribution >= 0.6 is 15.9 Å². The molecule has 2 rings (SSSR count). The second kappa shape index (κ2) is 5.22. The van der Waals surface area contributed by atoms with Crippen LogP contribution < -0.4 is 10.1 Å². The normalized spacial score (nSPS) is 21.3. The van der Waals surface area contributed by atoms with Crippen molar-refractivity contribution in [2.24, 2.45) is 0 Å². The van der Waals surface area contributed by atoms with E-state index >= 15 is 0 Å². The molecule has 1 aliphatic rings. The zero-order valence-electron chi connectivity index (χ0n) is 11.6. The summed E-state index contributed by atoms with van der Waals surface area (Å²) < 4.78 is 7.19. The zero-order chi connectivity index (χ0) is 13.3. The van der Waals surface area contributed by atoms with E-state index in [1.54, 1.807) is 0 Å². The van der Waals surface area contributed by atoms with Crippen molar-refractivity contribution in [3.63, 3.8) is 0 Å². The Hall–Kier alpha value is -0.540. The predicted molar refractivity (Wildman–Crippen MR) is 79.2 cm³/mol. The molecule has 1 aromatic carbocycles. The fraction of sp³-hybridized carbons (Fsp3) is 0.600. The molecule has 0 saturated carbocycles. The van der Waals surface area contributed by atoms with Gasteiger partial charge in [-0.1, -0.05) is 13.0 Å². The van der Waals surface area contributed by atoms with Crippen molar-refractivity contribution >= 4 is 15.9 Å². The molecule has 0 radical (unpaired) electrons. The highest BCUT2D eigenvalue weighted by Crippen LogP contribution is 2.44. The molecule has 1 unspecified atom stereocenters. The quantitative estimate of drug-likeness (QED) is 0.895. The highest BCUT2D eigenvalue weighted by molar-refractivity contribution is 9.10. The van der Waals surface area contributed by atoms with E-state index in [2.05, 4.69) is 61.1 Å². The minimum atomic E-state index is -0.115. The molecule has 3 heteroatoms. The lowest BCUT2D eigenvalue weighted by atomic mass is 9.89. The number of aryl methyl sites for hydroxylation is 1. The molecule has 1 aromatic rings. The highest BCUT2D eigenvalue weighted by Gasteiger charge is 2.34. The van der Waals surface area contributed by atoms with Crippen LogP contribution in [0.25, 0.3) is 0 Å². The minimum absolute atomic E-state index is 0.115. The van der Waals surface area contributed by atoms with Crippen LogP contribution in [0.15, 0.2) is 16.6 Å². The SMILES string of the molecule is CCCNC1CC(C)(C)Oc2c(Br)cc(C)cc21. The van der Waals surface area contributed by atoms with Gasteiger partial charge >= 0.3 is 0 Å². The molecule has 100 valence electrons. The van der Waals surface area contributed by atoms with Crippen LogP contribution in [0.2, 0.25) is 0 Å². The van der Waals surface area contributed by atoms with Gasteiger partial charge in [0.1, 0.15) is 11.4 Å². The van der Waals surface area contributed by atoms with Gasteiger partial charge in [0.2, 0.25) is 0 Å². The summed E-state index contributed by atoms with van der Waals surface area (Å²) in [4.78, 5) is 0. The molecule has 0 fully saturated rings. The zero-order valence-corrected chi connectivity index (χ0v) is 13.2. The van der Waals surface area contributed by atoms with Crippen LogP contribution in [0.1, 0.15) is 50.8 Å². The van der Waals surface area contributed by atoms with Crippen LogP contribution in [-0.4, -0.2) is 12.1 Å². The molecule has 18 heavy (non-hydrogen) atoms. The topological polar surface area (TPSA) is 21.3 Å². The van der Waals surface area contributed by atoms with Crippen LogP contribution in [0.4, 0.5) is 0 Å². The second-order valence-corrected chi connectivity index (χ2v) is 6.59. The Balaban J connectivity index is 2.40. The van der Waals surface area contributed by atoms with E-state index < -0.39 is 0 Å². The summed E-state index contributed by atoms with van der Waals surface area (Å²) in [5.74, 6) is 1.01. The predicted octanol–water partition coefficient (Wildman–Crippen LogP) is 4.36. The standard InChI is InChI=1S/C15H22BrNO/c1-5-6-17-13-9-15(3,4)18-14-11(13)7-10(2)8-12(14)16/h7-8,13,17H,5-6,9H2,1-4H3. The Morgan fingerprint density at radius 1 is 1.44 bits per heavy atom. The van der Waals surface area contributed by atoms with E-state index in [4.69, 9.17) is 4.74 Å². The van der Waals surface area contributed by atoms with E-state index in [1.165, 1.54) is 11.1 Å². The first kappa shape index (κ1) is 13.9. The van der Waals surface area contributed by atoms with Crippen molar-refractivity contribution in [1.82, 2.24) is 5.32 Å². The molecule has 0 aromatic heterocycles. The highest BCUT2D eigenvalue weighted by atomic mass is 79.9. The van der Waals surface area contributed by atoms with Gasteiger partial charge in [-0.15, -0.1) is 0 Å². The van der Waals surface area contributed by atoms with Gasteiger partial charge in [-0.25, -0.2) is 0 Å². The summed E-state index contributed by atoms with van der Waals surface area (Å²) in [5, 5.41) is 3.64. The molecule has 0 aliphatic carbocycles. The average Bonchev–Trinajstić information content (AvgIpc) is 2.27. The van der Waals surface area contributed by atoms with Crippen molar-refractivity contribution in [1.29, 1.82) is 0 Å². The third kappa shape index (κ3) is 2.89. The number of hydrogen-bond donors (Lipinski definition) is 1. The van der Waals surface area contributed by atoms with Crippen molar-refractivity contribution in [3.8, 4) is 5.75 Å². The van der Waals surface area contributed by atoms with Crippen molar-refractivity contribution < 1.29 is 4.74 Å². The van der Waals surface area contributed by atoms with Crippen molar-refractivity contribution in [3.05, 3.63) is 27.7 Å². The second-order valence-electron chi connectivity index (χ2n) is 5.74. The van der Waals surface area contributed by atoms with Gasteiger partial charge in [0.15, 0.2) is 0 Å². The molecule has 0 saturated heterocycles. The Labute approximate surface area is 118 Å². The first-order valence-corrected chi connectivity index (χ1v) is 7.44. The fourth-order valence-electron chi connectivity index (χ4n) is 2.54. The van der Waals surface area contributed by atoms with Gasteiger partial charge in [0.25, 0.3) is 0 Å². The molecule has 0 spiro atoms. The molecule has 2 nitrogen and oxygen atoms in total. The van der Waals surface area contributed by atoms with E-state index in [0.717, 1.165) is 29.6 Å². The van der Waals surface area contributed by atoms with Gasteiger partial charge in [-0.3, -0.25) is 0 Å². The molecular formula is C15H22BrNO. The molecule has 0 amide bonds. The maximum atomic E-state index is 6.13. The van der Waals surface area contributed by atoms with E-state index in [0.29, 0.717) is 6.04 Å². The van der Waals surface area contributed by atoms with Gasteiger partial charge in [0, 0.05) is 18.0 Å². The van der Waals surface area contributed by atoms with Crippen LogP contribution in [0, 0.1) is 6.92 Å². The Morgan fingerprint density at radius 2 is 2.17 bits per heavy atom. The van der Waals surface area contributed by atoms with Crippen molar-refractivity contribution in [2.45, 2.75) is 52.2 Å². The lowest BCUT2D eigenvalue weighted by Gasteiger charge is -2.38. The van der Waals surface area contributed by atoms with Gasteiger partial charge < -0.3 is 10.1 Å². The van der Waals surface area contributed by atoms with Gasteiger partial charge in [-0.05, 0) is 61.3 Å². The minimum Gasteiger partial charge on any atom is -0.486 e. The number of ether oxygens (including phenoxy) is 1. The number of nitrogens with one attached hydrogen (secondary N) is 1. The maximum absolute atomic E-state index is 6.13. The van der Waals surface area contributed by atoms with Crippen LogP contribution in [0.3, 0.4) is 0 Å². The van der Waals surface area contributed by atoms with Crippen LogP contribution in [0.5, 0.6) is 5.75 Å². The summed E-state index contributed by atoms with van der Waals surface area (Å²) >= 11 is 3.63. The monoisotopic (exact) mass is 311 g/mol. The first-order valence-electron chi connectivity index (χ1n) is 6.65. The Kier molecular flexibility index (Phi) is 4.02. The van der Waals surface area contributed by atoms with E-state index in [1.807, 2.05) is 0 Å². The number of fused-ring (bicyclic) bond motifs is 1. The Bertz CT molecular complexity index is 442. The third-order valence-corrected chi connectivity index (χ3v) is 3.90. The molecule has 1 heterocycles. The Morgan fingerprint density at radius 3 is 2.83 bits per heavy atom. The van der Waals surface area contributed by atoms with Crippen LogP contribution in [-0.2, 0) is 0 Å². The van der Waals surface area contributed by atoms with E-state index in [9.17, 15) is 0 Å². The van der Waals surface area contributed by atoms with Gasteiger partial charge in [0.05, 0.1) is 4.47 Å². The van der Waals surface area contributed by atoms with E-state index in [-0.39, 0.29) is 5.60 Å². The molecular weight excluding hydrogens is 290 g/mol. The number of rotatable bonds is 3. The summed E-state index contributed by atoms with van der Waals surface area (Å²) in [6.45, 7) is 9.68. The largest absolute Gasteiger partial charge is 0.486 e. The third-order valence-electron chi connectivity index (χ3n) is 3.31. The molecule has 0 bridgehead atoms. The molecule has 1 atom stereocenters. The average molecular weight is 312 g/mol. The lowest BCUT2D eigenvalue weighted by molar-refractivity contribution is 0.0651. The fourth-order valence-corrected chi connectivity index (χ4v) is 3.21. The summed E-state index contributed by atoms with van der Waals surface area (Å²) in [7, 11) is 0. The smallest absolute Gasteiger partial charge is 0.139 e. The van der Waals surface area contributed by atoms with Gasteiger partial charge in [-0.2, -0.15) is 0 Å². The summed E-state index contributed by atoms with van der Waals surface area (Å²) in [6, 6.07) is 4.75. The number of halogens is 1. The summed E-state index contributed by atoms with van der Waals surface area (Å²) in [5.41, 5.74) is 2.44. The number of hydrogen-bond acceptors (Lipinski definition) is 2.